The second-order valence-corrected chi connectivity index (χ2v) is 6.42. The SMILES string of the molecule is O=C1CC(c2ccc(F)c(Br)c2)c2cc3c(cc2N1)OCCO3. The maximum absolute atomic E-state index is 13.5. The topological polar surface area (TPSA) is 47.6 Å². The molecule has 1 amide bonds. The summed E-state index contributed by atoms with van der Waals surface area (Å²) in [6.07, 6.45) is 0.310. The van der Waals surface area contributed by atoms with Gasteiger partial charge in [0.25, 0.3) is 0 Å². The summed E-state index contributed by atoms with van der Waals surface area (Å²) in [5, 5.41) is 2.88. The van der Waals surface area contributed by atoms with Crippen molar-refractivity contribution < 1.29 is 18.7 Å². The number of benzene rings is 2. The standard InChI is InChI=1S/C17H13BrFNO3/c18-12-5-9(1-2-13(12)19)10-7-17(21)20-14-8-16-15(6-11(10)14)22-3-4-23-16/h1-2,5-6,8,10H,3-4,7H2,(H,20,21). The van der Waals surface area contributed by atoms with E-state index in [9.17, 15) is 9.18 Å². The third-order valence-electron chi connectivity index (χ3n) is 4.10. The highest BCUT2D eigenvalue weighted by Gasteiger charge is 2.29. The third kappa shape index (κ3) is 2.57. The molecular weight excluding hydrogens is 365 g/mol. The zero-order chi connectivity index (χ0) is 16.0. The van der Waals surface area contributed by atoms with Crippen LogP contribution >= 0.6 is 15.9 Å². The summed E-state index contributed by atoms with van der Waals surface area (Å²) in [7, 11) is 0. The zero-order valence-corrected chi connectivity index (χ0v) is 13.7. The molecule has 2 aliphatic rings. The second kappa shape index (κ2) is 5.53. The lowest BCUT2D eigenvalue weighted by Crippen LogP contribution is -2.24. The van der Waals surface area contributed by atoms with Crippen molar-refractivity contribution in [3.8, 4) is 11.5 Å². The fourth-order valence-corrected chi connectivity index (χ4v) is 3.42. The van der Waals surface area contributed by atoms with Gasteiger partial charge in [-0.25, -0.2) is 4.39 Å². The Balaban J connectivity index is 1.83. The molecule has 118 valence electrons. The number of ether oxygens (including phenoxy) is 2. The van der Waals surface area contributed by atoms with Gasteiger partial charge in [-0.05, 0) is 45.3 Å². The van der Waals surface area contributed by atoms with Crippen molar-refractivity contribution in [2.24, 2.45) is 0 Å². The Morgan fingerprint density at radius 3 is 2.61 bits per heavy atom. The number of hydrogen-bond acceptors (Lipinski definition) is 3. The highest BCUT2D eigenvalue weighted by Crippen LogP contribution is 2.44. The fourth-order valence-electron chi connectivity index (χ4n) is 3.02. The van der Waals surface area contributed by atoms with Crippen LogP contribution < -0.4 is 14.8 Å². The van der Waals surface area contributed by atoms with Crippen LogP contribution in [0.4, 0.5) is 10.1 Å². The average Bonchev–Trinajstić information content (AvgIpc) is 2.55. The third-order valence-corrected chi connectivity index (χ3v) is 4.71. The van der Waals surface area contributed by atoms with Gasteiger partial charge in [-0.3, -0.25) is 4.79 Å². The molecule has 2 aliphatic heterocycles. The first-order valence-corrected chi connectivity index (χ1v) is 8.09. The fraction of sp³-hybridized carbons (Fsp3) is 0.235. The first kappa shape index (κ1) is 14.5. The molecule has 1 N–H and O–H groups in total. The summed E-state index contributed by atoms with van der Waals surface area (Å²) in [4.78, 5) is 12.1. The minimum absolute atomic E-state index is 0.0698. The van der Waals surface area contributed by atoms with E-state index in [1.807, 2.05) is 6.07 Å². The van der Waals surface area contributed by atoms with Crippen LogP contribution in [0.3, 0.4) is 0 Å². The van der Waals surface area contributed by atoms with Crippen molar-refractivity contribution >= 4 is 27.5 Å². The van der Waals surface area contributed by atoms with Gasteiger partial charge in [0.1, 0.15) is 19.0 Å². The zero-order valence-electron chi connectivity index (χ0n) is 12.1. The van der Waals surface area contributed by atoms with Crippen LogP contribution in [0.2, 0.25) is 0 Å². The Labute approximate surface area is 140 Å². The minimum Gasteiger partial charge on any atom is -0.486 e. The van der Waals surface area contributed by atoms with Gasteiger partial charge in [0.05, 0.1) is 4.47 Å². The normalized spacial score (nSPS) is 19.0. The minimum atomic E-state index is -0.323. The van der Waals surface area contributed by atoms with Crippen molar-refractivity contribution in [1.82, 2.24) is 0 Å². The van der Waals surface area contributed by atoms with Gasteiger partial charge < -0.3 is 14.8 Å². The predicted octanol–water partition coefficient (Wildman–Crippen LogP) is 3.83. The highest BCUT2D eigenvalue weighted by atomic mass is 79.9. The van der Waals surface area contributed by atoms with Crippen LogP contribution in [0.5, 0.6) is 11.5 Å². The van der Waals surface area contributed by atoms with E-state index in [1.165, 1.54) is 6.07 Å². The van der Waals surface area contributed by atoms with Crippen LogP contribution in [-0.4, -0.2) is 19.1 Å². The van der Waals surface area contributed by atoms with Crippen LogP contribution in [0, 0.1) is 5.82 Å². The summed E-state index contributed by atoms with van der Waals surface area (Å²) < 4.78 is 25.1. The van der Waals surface area contributed by atoms with E-state index in [1.54, 1.807) is 18.2 Å². The molecule has 0 bridgehead atoms. The lowest BCUT2D eigenvalue weighted by molar-refractivity contribution is -0.116. The molecule has 4 nitrogen and oxygen atoms in total. The maximum atomic E-state index is 13.5. The average molecular weight is 378 g/mol. The van der Waals surface area contributed by atoms with Crippen molar-refractivity contribution in [3.05, 3.63) is 51.7 Å². The van der Waals surface area contributed by atoms with Gasteiger partial charge in [0, 0.05) is 24.1 Å². The Morgan fingerprint density at radius 2 is 1.87 bits per heavy atom. The molecule has 2 aromatic rings. The summed E-state index contributed by atoms with van der Waals surface area (Å²) in [6, 6.07) is 8.55. The molecule has 1 unspecified atom stereocenters. The number of fused-ring (bicyclic) bond motifs is 2. The summed E-state index contributed by atoms with van der Waals surface area (Å²) >= 11 is 3.21. The van der Waals surface area contributed by atoms with E-state index >= 15 is 0 Å². The first-order valence-electron chi connectivity index (χ1n) is 7.30. The van der Waals surface area contributed by atoms with Gasteiger partial charge in [0.15, 0.2) is 11.5 Å². The molecule has 0 saturated carbocycles. The quantitative estimate of drug-likeness (QED) is 0.821. The molecule has 2 heterocycles. The maximum Gasteiger partial charge on any atom is 0.225 e. The number of carbonyl (C=O) groups is 1. The van der Waals surface area contributed by atoms with E-state index in [4.69, 9.17) is 9.47 Å². The number of amides is 1. The van der Waals surface area contributed by atoms with Crippen molar-refractivity contribution in [3.63, 3.8) is 0 Å². The van der Waals surface area contributed by atoms with E-state index < -0.39 is 0 Å². The van der Waals surface area contributed by atoms with Gasteiger partial charge in [0.2, 0.25) is 5.91 Å². The van der Waals surface area contributed by atoms with Crippen LogP contribution in [0.25, 0.3) is 0 Å². The molecular formula is C17H13BrFNO3. The Hall–Kier alpha value is -2.08. The predicted molar refractivity (Wildman–Crippen MR) is 86.6 cm³/mol. The molecule has 1 atom stereocenters. The lowest BCUT2D eigenvalue weighted by atomic mass is 9.84. The molecule has 2 aromatic carbocycles. The highest BCUT2D eigenvalue weighted by molar-refractivity contribution is 9.10. The number of hydrogen-bond donors (Lipinski definition) is 1. The monoisotopic (exact) mass is 377 g/mol. The largest absolute Gasteiger partial charge is 0.486 e. The molecule has 0 fully saturated rings. The van der Waals surface area contributed by atoms with Crippen LogP contribution in [0.15, 0.2) is 34.8 Å². The van der Waals surface area contributed by atoms with Gasteiger partial charge >= 0.3 is 0 Å². The lowest BCUT2D eigenvalue weighted by Gasteiger charge is -2.29. The van der Waals surface area contributed by atoms with Gasteiger partial charge in [-0.1, -0.05) is 6.07 Å². The summed E-state index contributed by atoms with van der Waals surface area (Å²) in [5.41, 5.74) is 2.55. The Morgan fingerprint density at radius 1 is 1.13 bits per heavy atom. The molecule has 0 spiro atoms. The van der Waals surface area contributed by atoms with Crippen LogP contribution in [0.1, 0.15) is 23.5 Å². The van der Waals surface area contributed by atoms with E-state index in [0.29, 0.717) is 35.6 Å². The number of nitrogens with one attached hydrogen (secondary N) is 1. The molecule has 0 aliphatic carbocycles. The van der Waals surface area contributed by atoms with E-state index in [2.05, 4.69) is 21.2 Å². The molecule has 0 saturated heterocycles. The molecule has 4 rings (SSSR count). The molecule has 23 heavy (non-hydrogen) atoms. The summed E-state index contributed by atoms with van der Waals surface area (Å²) in [5.74, 6) is 0.774. The van der Waals surface area contributed by atoms with Crippen LogP contribution in [-0.2, 0) is 4.79 Å². The number of rotatable bonds is 1. The van der Waals surface area contributed by atoms with Crippen molar-refractivity contribution in [2.75, 3.05) is 18.5 Å². The van der Waals surface area contributed by atoms with E-state index in [0.717, 1.165) is 16.8 Å². The molecule has 0 aromatic heterocycles. The smallest absolute Gasteiger partial charge is 0.225 e. The second-order valence-electron chi connectivity index (χ2n) is 5.56. The molecule has 0 radical (unpaired) electrons. The number of anilines is 1. The number of halogens is 2. The Kier molecular flexibility index (Phi) is 3.49. The van der Waals surface area contributed by atoms with Crippen molar-refractivity contribution in [1.29, 1.82) is 0 Å². The Bertz CT molecular complexity index is 809. The summed E-state index contributed by atoms with van der Waals surface area (Å²) in [6.45, 7) is 0.999. The van der Waals surface area contributed by atoms with E-state index in [-0.39, 0.29) is 17.6 Å². The first-order chi connectivity index (χ1) is 11.1. The van der Waals surface area contributed by atoms with Crippen molar-refractivity contribution in [2.45, 2.75) is 12.3 Å². The van der Waals surface area contributed by atoms with Gasteiger partial charge in [-0.2, -0.15) is 0 Å². The molecule has 6 heteroatoms. The van der Waals surface area contributed by atoms with Gasteiger partial charge in [-0.15, -0.1) is 0 Å². The number of carbonyl (C=O) groups excluding carboxylic acids is 1.